The summed E-state index contributed by atoms with van der Waals surface area (Å²) in [6, 6.07) is 8.21. The monoisotopic (exact) mass is 307 g/mol. The summed E-state index contributed by atoms with van der Waals surface area (Å²) in [7, 11) is 1.58. The molecule has 1 aromatic carbocycles. The van der Waals surface area contributed by atoms with E-state index in [2.05, 4.69) is 50.3 Å². The average molecular weight is 308 g/mol. The number of hydrogen-bond donors (Lipinski definition) is 1. The molecule has 0 saturated carbocycles. The molecular weight excluding hydrogens is 294 g/mol. The zero-order valence-corrected chi connectivity index (χ0v) is 11.9. The van der Waals surface area contributed by atoms with E-state index < -0.39 is 0 Å². The van der Waals surface area contributed by atoms with Crippen molar-refractivity contribution in [2.75, 3.05) is 12.4 Å². The van der Waals surface area contributed by atoms with E-state index in [-0.39, 0.29) is 0 Å². The Bertz CT molecular complexity index is 546. The maximum absolute atomic E-state index is 5.12. The molecule has 1 aromatic heterocycles. The van der Waals surface area contributed by atoms with Gasteiger partial charge in [-0.2, -0.15) is 4.98 Å². The van der Waals surface area contributed by atoms with Crippen molar-refractivity contribution < 1.29 is 4.74 Å². The SMILES string of the molecule is COc1nc(NCc2ccccc2C)ncc1Br. The Hall–Kier alpha value is -1.62. The molecule has 2 aromatic rings. The van der Waals surface area contributed by atoms with E-state index >= 15 is 0 Å². The molecule has 0 bridgehead atoms. The molecule has 0 amide bonds. The van der Waals surface area contributed by atoms with Crippen molar-refractivity contribution in [3.8, 4) is 5.88 Å². The number of aromatic nitrogens is 2. The summed E-state index contributed by atoms with van der Waals surface area (Å²) >= 11 is 3.32. The molecule has 0 aliphatic rings. The van der Waals surface area contributed by atoms with Crippen LogP contribution in [-0.2, 0) is 6.54 Å². The predicted molar refractivity (Wildman–Crippen MR) is 74.8 cm³/mol. The van der Waals surface area contributed by atoms with Crippen molar-refractivity contribution in [2.45, 2.75) is 13.5 Å². The minimum Gasteiger partial charge on any atom is -0.480 e. The summed E-state index contributed by atoms with van der Waals surface area (Å²) in [6.45, 7) is 2.78. The number of halogens is 1. The largest absolute Gasteiger partial charge is 0.480 e. The van der Waals surface area contributed by atoms with Crippen LogP contribution in [0.25, 0.3) is 0 Å². The van der Waals surface area contributed by atoms with E-state index in [0.717, 1.165) is 4.47 Å². The van der Waals surface area contributed by atoms with Gasteiger partial charge < -0.3 is 10.1 Å². The number of hydrogen-bond acceptors (Lipinski definition) is 4. The van der Waals surface area contributed by atoms with Crippen molar-refractivity contribution in [3.05, 3.63) is 46.1 Å². The molecule has 0 aliphatic heterocycles. The van der Waals surface area contributed by atoms with Crippen molar-refractivity contribution in [3.63, 3.8) is 0 Å². The number of nitrogens with one attached hydrogen (secondary N) is 1. The fourth-order valence-corrected chi connectivity index (χ4v) is 1.92. The first-order valence-electron chi connectivity index (χ1n) is 5.55. The molecular formula is C13H14BrN3O. The van der Waals surface area contributed by atoms with Gasteiger partial charge in [0.25, 0.3) is 0 Å². The zero-order chi connectivity index (χ0) is 13.0. The highest BCUT2D eigenvalue weighted by molar-refractivity contribution is 9.10. The summed E-state index contributed by atoms with van der Waals surface area (Å²) in [5.74, 6) is 1.08. The van der Waals surface area contributed by atoms with Crippen LogP contribution in [-0.4, -0.2) is 17.1 Å². The maximum Gasteiger partial charge on any atom is 0.232 e. The molecule has 1 N–H and O–H groups in total. The number of methoxy groups -OCH3 is 1. The third kappa shape index (κ3) is 2.98. The first kappa shape index (κ1) is 12.8. The Morgan fingerprint density at radius 3 is 2.83 bits per heavy atom. The van der Waals surface area contributed by atoms with Gasteiger partial charge in [-0.15, -0.1) is 0 Å². The van der Waals surface area contributed by atoms with Crippen molar-refractivity contribution in [2.24, 2.45) is 0 Å². The highest BCUT2D eigenvalue weighted by atomic mass is 79.9. The standard InChI is InChI=1S/C13H14BrN3O/c1-9-5-3-4-6-10(9)7-15-13-16-8-11(14)12(17-13)18-2/h3-6,8H,7H2,1-2H3,(H,15,16,17). The fraction of sp³-hybridized carbons (Fsp3) is 0.231. The average Bonchev–Trinajstić information content (AvgIpc) is 2.39. The van der Waals surface area contributed by atoms with Crippen LogP contribution in [0.15, 0.2) is 34.9 Å². The van der Waals surface area contributed by atoms with Crippen molar-refractivity contribution >= 4 is 21.9 Å². The van der Waals surface area contributed by atoms with E-state index in [0.29, 0.717) is 18.4 Å². The minimum absolute atomic E-state index is 0.525. The zero-order valence-electron chi connectivity index (χ0n) is 10.3. The van der Waals surface area contributed by atoms with E-state index in [1.165, 1.54) is 11.1 Å². The number of rotatable bonds is 4. The molecule has 18 heavy (non-hydrogen) atoms. The van der Waals surface area contributed by atoms with Gasteiger partial charge in [0.1, 0.15) is 0 Å². The molecule has 5 heteroatoms. The molecule has 4 nitrogen and oxygen atoms in total. The second-order valence-corrected chi connectivity index (χ2v) is 4.69. The van der Waals surface area contributed by atoms with Crippen molar-refractivity contribution in [1.82, 2.24) is 9.97 Å². The van der Waals surface area contributed by atoms with Gasteiger partial charge in [0, 0.05) is 6.54 Å². The summed E-state index contributed by atoms with van der Waals surface area (Å²) < 4.78 is 5.87. The molecule has 0 saturated heterocycles. The molecule has 0 unspecified atom stereocenters. The molecule has 94 valence electrons. The highest BCUT2D eigenvalue weighted by Gasteiger charge is 2.05. The van der Waals surface area contributed by atoms with Gasteiger partial charge in [-0.1, -0.05) is 24.3 Å². The van der Waals surface area contributed by atoms with E-state index in [4.69, 9.17) is 4.74 Å². The van der Waals surface area contributed by atoms with Crippen LogP contribution in [0.1, 0.15) is 11.1 Å². The number of anilines is 1. The van der Waals surface area contributed by atoms with E-state index in [1.54, 1.807) is 13.3 Å². The van der Waals surface area contributed by atoms with Crippen LogP contribution < -0.4 is 10.1 Å². The van der Waals surface area contributed by atoms with Crippen LogP contribution in [0.4, 0.5) is 5.95 Å². The number of nitrogens with zero attached hydrogens (tertiary/aromatic N) is 2. The normalized spacial score (nSPS) is 10.2. The first-order valence-corrected chi connectivity index (χ1v) is 6.35. The third-order valence-corrected chi connectivity index (χ3v) is 3.15. The maximum atomic E-state index is 5.12. The lowest BCUT2D eigenvalue weighted by Crippen LogP contribution is -2.05. The first-order chi connectivity index (χ1) is 8.70. The summed E-state index contributed by atoms with van der Waals surface area (Å²) in [4.78, 5) is 8.43. The van der Waals surface area contributed by atoms with Gasteiger partial charge in [0.15, 0.2) is 0 Å². The number of ether oxygens (including phenoxy) is 1. The quantitative estimate of drug-likeness (QED) is 0.942. The summed E-state index contributed by atoms with van der Waals surface area (Å²) in [5, 5.41) is 3.18. The Labute approximate surface area is 115 Å². The number of benzene rings is 1. The number of aryl methyl sites for hydroxylation is 1. The van der Waals surface area contributed by atoms with Gasteiger partial charge in [-0.05, 0) is 34.0 Å². The van der Waals surface area contributed by atoms with Crippen LogP contribution in [0.2, 0.25) is 0 Å². The van der Waals surface area contributed by atoms with Gasteiger partial charge in [0.05, 0.1) is 17.8 Å². The van der Waals surface area contributed by atoms with Crippen molar-refractivity contribution in [1.29, 1.82) is 0 Å². The molecule has 0 aliphatic carbocycles. The van der Waals surface area contributed by atoms with Gasteiger partial charge in [0.2, 0.25) is 11.8 Å². The van der Waals surface area contributed by atoms with E-state index in [9.17, 15) is 0 Å². The van der Waals surface area contributed by atoms with Crippen LogP contribution >= 0.6 is 15.9 Å². The second kappa shape index (κ2) is 5.82. The summed E-state index contributed by atoms with van der Waals surface area (Å²) in [6.07, 6.45) is 1.67. The Kier molecular flexibility index (Phi) is 4.15. The minimum atomic E-state index is 0.525. The lowest BCUT2D eigenvalue weighted by Gasteiger charge is -2.08. The second-order valence-electron chi connectivity index (χ2n) is 3.83. The van der Waals surface area contributed by atoms with Crippen LogP contribution in [0.5, 0.6) is 5.88 Å². The molecule has 0 radical (unpaired) electrons. The lowest BCUT2D eigenvalue weighted by molar-refractivity contribution is 0.394. The van der Waals surface area contributed by atoms with Gasteiger partial charge in [-0.25, -0.2) is 4.98 Å². The van der Waals surface area contributed by atoms with Crippen LogP contribution in [0.3, 0.4) is 0 Å². The summed E-state index contributed by atoms with van der Waals surface area (Å²) in [5.41, 5.74) is 2.47. The lowest BCUT2D eigenvalue weighted by atomic mass is 10.1. The molecule has 2 rings (SSSR count). The van der Waals surface area contributed by atoms with E-state index in [1.807, 2.05) is 12.1 Å². The molecule has 0 fully saturated rings. The van der Waals surface area contributed by atoms with Gasteiger partial charge in [-0.3, -0.25) is 0 Å². The topological polar surface area (TPSA) is 47.0 Å². The Morgan fingerprint density at radius 2 is 2.11 bits per heavy atom. The van der Waals surface area contributed by atoms with Gasteiger partial charge >= 0.3 is 0 Å². The Balaban J connectivity index is 2.09. The molecule has 0 atom stereocenters. The molecule has 0 spiro atoms. The third-order valence-electron chi connectivity index (χ3n) is 2.60. The smallest absolute Gasteiger partial charge is 0.232 e. The molecule has 1 heterocycles. The predicted octanol–water partition coefficient (Wildman–Crippen LogP) is 3.17. The van der Waals surface area contributed by atoms with Crippen LogP contribution in [0, 0.1) is 6.92 Å². The fourth-order valence-electron chi connectivity index (χ4n) is 1.56. The Morgan fingerprint density at radius 1 is 1.33 bits per heavy atom. The highest BCUT2D eigenvalue weighted by Crippen LogP contribution is 2.22.